The van der Waals surface area contributed by atoms with Crippen LogP contribution < -0.4 is 0 Å². The van der Waals surface area contributed by atoms with Crippen molar-refractivity contribution in [1.82, 2.24) is 4.98 Å². The summed E-state index contributed by atoms with van der Waals surface area (Å²) >= 11 is 0. The quantitative estimate of drug-likeness (QED) is 0.651. The van der Waals surface area contributed by atoms with Crippen LogP contribution in [0.2, 0.25) is 0 Å². The summed E-state index contributed by atoms with van der Waals surface area (Å²) in [6.45, 7) is 0. The Bertz CT molecular complexity index is 894. The molecule has 3 nitrogen and oxygen atoms in total. The maximum atomic E-state index is 9.07. The van der Waals surface area contributed by atoms with Gasteiger partial charge < -0.3 is 4.98 Å². The van der Waals surface area contributed by atoms with Gasteiger partial charge in [-0.2, -0.15) is 5.26 Å². The number of hydrogen-bond acceptors (Lipinski definition) is 2. The minimum Gasteiger partial charge on any atom is -0.354 e. The molecule has 1 aliphatic rings. The van der Waals surface area contributed by atoms with Crippen molar-refractivity contribution in [3.05, 3.63) is 53.6 Å². The van der Waals surface area contributed by atoms with E-state index in [1.54, 1.807) is 0 Å². The van der Waals surface area contributed by atoms with Gasteiger partial charge in [0.25, 0.3) is 0 Å². The molecular weight excluding hydrogens is 246 g/mol. The van der Waals surface area contributed by atoms with Crippen molar-refractivity contribution in [3.8, 4) is 17.3 Å². The number of hydrogen-bond donors (Lipinski definition) is 1. The van der Waals surface area contributed by atoms with Gasteiger partial charge in [0.1, 0.15) is 0 Å². The molecule has 0 saturated heterocycles. The third-order valence-electron chi connectivity index (χ3n) is 3.73. The Hall–Kier alpha value is -2.86. The highest BCUT2D eigenvalue weighted by atomic mass is 14.8. The molecule has 1 aromatic heterocycles. The first-order valence-corrected chi connectivity index (χ1v) is 6.53. The lowest BCUT2D eigenvalue weighted by molar-refractivity contribution is 1.38. The van der Waals surface area contributed by atoms with Crippen LogP contribution in [0.3, 0.4) is 0 Å². The molecule has 20 heavy (non-hydrogen) atoms. The maximum absolute atomic E-state index is 9.07. The number of aromatic amines is 1. The van der Waals surface area contributed by atoms with Crippen LogP contribution in [0.1, 0.15) is 11.1 Å². The van der Waals surface area contributed by atoms with Gasteiger partial charge in [0.15, 0.2) is 0 Å². The number of aliphatic imine (C=N–C) groups is 1. The molecule has 94 valence electrons. The van der Waals surface area contributed by atoms with Gasteiger partial charge in [-0.15, -0.1) is 0 Å². The van der Waals surface area contributed by atoms with Crippen LogP contribution in [0.5, 0.6) is 0 Å². The second-order valence-corrected chi connectivity index (χ2v) is 4.88. The standard InChI is InChI=1S/C17H11N3/c18-10-11-5-6-16-14(9-11)12-7-8-19-15-4-2-1-3-13(15)17(12)20-16/h1-6,8-9,20H,7H2. The smallest absolute Gasteiger partial charge is 0.0991 e. The zero-order chi connectivity index (χ0) is 13.5. The molecule has 0 bridgehead atoms. The number of aromatic nitrogens is 1. The fraction of sp³-hybridized carbons (Fsp3) is 0.0588. The predicted molar refractivity (Wildman–Crippen MR) is 80.3 cm³/mol. The van der Waals surface area contributed by atoms with Gasteiger partial charge in [0, 0.05) is 29.1 Å². The van der Waals surface area contributed by atoms with E-state index in [-0.39, 0.29) is 0 Å². The summed E-state index contributed by atoms with van der Waals surface area (Å²) in [4.78, 5) is 7.99. The first-order chi connectivity index (χ1) is 9.86. The Morgan fingerprint density at radius 1 is 1.15 bits per heavy atom. The van der Waals surface area contributed by atoms with Gasteiger partial charge in [-0.25, -0.2) is 0 Å². The molecule has 0 radical (unpaired) electrons. The minimum absolute atomic E-state index is 0.689. The highest BCUT2D eigenvalue weighted by Gasteiger charge is 2.17. The van der Waals surface area contributed by atoms with Crippen LogP contribution in [-0.2, 0) is 6.42 Å². The number of fused-ring (bicyclic) bond motifs is 5. The Morgan fingerprint density at radius 3 is 2.95 bits per heavy atom. The van der Waals surface area contributed by atoms with Crippen molar-refractivity contribution in [3.63, 3.8) is 0 Å². The molecule has 0 atom stereocenters. The largest absolute Gasteiger partial charge is 0.354 e. The minimum atomic E-state index is 0.689. The molecule has 0 amide bonds. The molecule has 1 N–H and O–H groups in total. The summed E-state index contributed by atoms with van der Waals surface area (Å²) < 4.78 is 0. The Labute approximate surface area is 116 Å². The number of para-hydroxylation sites is 1. The zero-order valence-electron chi connectivity index (χ0n) is 10.7. The van der Waals surface area contributed by atoms with Crippen LogP contribution in [-0.4, -0.2) is 11.2 Å². The number of benzene rings is 2. The summed E-state index contributed by atoms with van der Waals surface area (Å²) in [6, 6.07) is 16.1. The van der Waals surface area contributed by atoms with E-state index >= 15 is 0 Å². The predicted octanol–water partition coefficient (Wildman–Crippen LogP) is 3.96. The van der Waals surface area contributed by atoms with E-state index in [1.165, 1.54) is 5.56 Å². The lowest BCUT2D eigenvalue weighted by atomic mass is 10.0. The van der Waals surface area contributed by atoms with Crippen LogP contribution in [0.25, 0.3) is 22.2 Å². The third-order valence-corrected chi connectivity index (χ3v) is 3.73. The second kappa shape index (κ2) is 4.07. The number of nitriles is 1. The SMILES string of the molecule is N#Cc1ccc2[nH]c3c(c2c1)CC=Nc1ccccc1-3. The molecule has 3 heteroatoms. The molecule has 0 spiro atoms. The van der Waals surface area contributed by atoms with Crippen molar-refractivity contribution in [2.75, 3.05) is 0 Å². The van der Waals surface area contributed by atoms with Gasteiger partial charge in [-0.3, -0.25) is 4.99 Å². The molecule has 1 aliphatic heterocycles. The number of H-pyrrole nitrogens is 1. The van der Waals surface area contributed by atoms with E-state index < -0.39 is 0 Å². The molecule has 4 rings (SSSR count). The van der Waals surface area contributed by atoms with Gasteiger partial charge >= 0.3 is 0 Å². The molecule has 2 aromatic carbocycles. The average molecular weight is 257 g/mol. The number of rotatable bonds is 0. The first-order valence-electron chi connectivity index (χ1n) is 6.53. The van der Waals surface area contributed by atoms with Crippen LogP contribution in [0.4, 0.5) is 5.69 Å². The van der Waals surface area contributed by atoms with Crippen molar-refractivity contribution >= 4 is 22.8 Å². The Morgan fingerprint density at radius 2 is 2.05 bits per heavy atom. The fourth-order valence-corrected chi connectivity index (χ4v) is 2.79. The number of nitrogens with one attached hydrogen (secondary N) is 1. The van der Waals surface area contributed by atoms with Crippen molar-refractivity contribution in [1.29, 1.82) is 5.26 Å². The Kier molecular flexibility index (Phi) is 2.24. The molecule has 0 aliphatic carbocycles. The van der Waals surface area contributed by atoms with Gasteiger partial charge in [-0.05, 0) is 29.8 Å². The van der Waals surface area contributed by atoms with E-state index in [4.69, 9.17) is 5.26 Å². The zero-order valence-corrected chi connectivity index (χ0v) is 10.7. The summed E-state index contributed by atoms with van der Waals surface area (Å²) in [6.07, 6.45) is 2.72. The topological polar surface area (TPSA) is 51.9 Å². The van der Waals surface area contributed by atoms with Gasteiger partial charge in [-0.1, -0.05) is 18.2 Å². The highest BCUT2D eigenvalue weighted by molar-refractivity contribution is 5.97. The summed E-state index contributed by atoms with van der Waals surface area (Å²) in [5, 5.41) is 10.2. The van der Waals surface area contributed by atoms with Gasteiger partial charge in [0.05, 0.1) is 23.0 Å². The van der Waals surface area contributed by atoms with Crippen LogP contribution in [0.15, 0.2) is 47.5 Å². The summed E-state index contributed by atoms with van der Waals surface area (Å²) in [7, 11) is 0. The molecule has 0 saturated carbocycles. The highest BCUT2D eigenvalue weighted by Crippen LogP contribution is 2.37. The summed E-state index contributed by atoms with van der Waals surface area (Å²) in [5.74, 6) is 0. The first kappa shape index (κ1) is 11.0. The fourth-order valence-electron chi connectivity index (χ4n) is 2.79. The van der Waals surface area contributed by atoms with E-state index in [0.717, 1.165) is 34.3 Å². The van der Waals surface area contributed by atoms with Crippen LogP contribution in [0, 0.1) is 11.3 Å². The average Bonchev–Trinajstić information content (AvgIpc) is 2.75. The van der Waals surface area contributed by atoms with E-state index in [1.807, 2.05) is 42.6 Å². The number of nitrogens with zero attached hydrogens (tertiary/aromatic N) is 2. The lowest BCUT2D eigenvalue weighted by Crippen LogP contribution is -1.85. The molecule has 3 aromatic rings. The molecule has 0 unspecified atom stereocenters. The monoisotopic (exact) mass is 257 g/mol. The Balaban J connectivity index is 2.09. The van der Waals surface area contributed by atoms with Gasteiger partial charge in [0.2, 0.25) is 0 Å². The van der Waals surface area contributed by atoms with E-state index in [9.17, 15) is 0 Å². The molecule has 0 fully saturated rings. The maximum Gasteiger partial charge on any atom is 0.0991 e. The normalized spacial score (nSPS) is 12.6. The molecule has 2 heterocycles. The third kappa shape index (κ3) is 1.49. The summed E-state index contributed by atoms with van der Waals surface area (Å²) in [5.41, 5.74) is 6.19. The van der Waals surface area contributed by atoms with Crippen molar-refractivity contribution < 1.29 is 0 Å². The van der Waals surface area contributed by atoms with E-state index in [2.05, 4.69) is 22.1 Å². The van der Waals surface area contributed by atoms with Crippen molar-refractivity contribution in [2.45, 2.75) is 6.42 Å². The van der Waals surface area contributed by atoms with Crippen molar-refractivity contribution in [2.24, 2.45) is 4.99 Å². The van der Waals surface area contributed by atoms with Crippen LogP contribution >= 0.6 is 0 Å². The van der Waals surface area contributed by atoms with E-state index in [0.29, 0.717) is 5.56 Å². The molecular formula is C17H11N3. The second-order valence-electron chi connectivity index (χ2n) is 4.88. The lowest BCUT2D eigenvalue weighted by Gasteiger charge is -2.02.